The van der Waals surface area contributed by atoms with Crippen molar-refractivity contribution in [2.75, 3.05) is 5.88 Å². The normalized spacial score (nSPS) is 38.0. The summed E-state index contributed by atoms with van der Waals surface area (Å²) in [4.78, 5) is 53.1. The zero-order valence-corrected chi connectivity index (χ0v) is 24.2. The lowest BCUT2D eigenvalue weighted by Crippen LogP contribution is -2.69. The predicted octanol–water partition coefficient (Wildman–Crippen LogP) is 2.03. The molecule has 0 radical (unpaired) electrons. The van der Waals surface area contributed by atoms with Gasteiger partial charge in [0.15, 0.2) is 5.78 Å². The molecule has 1 aromatic carbocycles. The number of benzene rings is 1. The van der Waals surface area contributed by atoms with Crippen LogP contribution in [0.2, 0.25) is 0 Å². The number of aliphatic hydroxyl groups excluding tert-OH is 1. The van der Waals surface area contributed by atoms with Crippen LogP contribution in [0.3, 0.4) is 0 Å². The number of aliphatic hydroxyl groups is 2. The fourth-order valence-corrected chi connectivity index (χ4v) is 8.90. The molecule has 1 aliphatic heterocycles. The van der Waals surface area contributed by atoms with Gasteiger partial charge in [-0.2, -0.15) is 0 Å². The van der Waals surface area contributed by atoms with E-state index in [4.69, 9.17) is 16.3 Å². The number of hydrogen-bond donors (Lipinski definition) is 2. The third-order valence-corrected chi connectivity index (χ3v) is 11.4. The fourth-order valence-electron chi connectivity index (χ4n) is 8.84. The average Bonchev–Trinajstić information content (AvgIpc) is 3.34. The third kappa shape index (κ3) is 3.56. The quantitative estimate of drug-likeness (QED) is 0.319. The highest BCUT2D eigenvalue weighted by atomic mass is 35.5. The second kappa shape index (κ2) is 9.54. The molecule has 3 saturated carbocycles. The Morgan fingerprint density at radius 3 is 2.49 bits per heavy atom. The van der Waals surface area contributed by atoms with Gasteiger partial charge in [-0.1, -0.05) is 45.0 Å². The van der Waals surface area contributed by atoms with Crippen LogP contribution >= 0.6 is 11.6 Å². The molecule has 0 saturated heterocycles. The fraction of sp³-hybridized carbons (Fsp3) is 0.600. The number of esters is 1. The van der Waals surface area contributed by atoms with Crippen LogP contribution in [0, 0.1) is 28.6 Å². The number of allylic oxidation sites excluding steroid dienone is 2. The van der Waals surface area contributed by atoms with E-state index in [0.29, 0.717) is 24.9 Å². The molecular formula is C30H36ClN3O7. The SMILES string of the molecule is CC1C(C2=CCn3c(=O)n(-c4ccccc4)c(=O)n3C2)CC(OC(=O)CCl)C2(C)C(C)CCC13CC(O)C(=O)C32O. The Bertz CT molecular complexity index is 1560. The molecule has 3 aliphatic carbocycles. The van der Waals surface area contributed by atoms with Gasteiger partial charge in [-0.25, -0.2) is 23.5 Å². The number of fused-ring (bicyclic) bond motifs is 1. The van der Waals surface area contributed by atoms with Crippen molar-refractivity contribution in [2.45, 2.75) is 77.4 Å². The van der Waals surface area contributed by atoms with E-state index in [1.165, 1.54) is 9.36 Å². The van der Waals surface area contributed by atoms with Crippen LogP contribution in [-0.4, -0.2) is 59.6 Å². The molecule has 4 aliphatic rings. The summed E-state index contributed by atoms with van der Waals surface area (Å²) in [6.07, 6.45) is 1.36. The Kier molecular flexibility index (Phi) is 6.56. The molecule has 2 aromatic rings. The highest BCUT2D eigenvalue weighted by Crippen LogP contribution is 2.70. The van der Waals surface area contributed by atoms with Crippen LogP contribution in [0.25, 0.3) is 5.69 Å². The molecular weight excluding hydrogens is 550 g/mol. The van der Waals surface area contributed by atoms with Gasteiger partial charge < -0.3 is 14.9 Å². The molecule has 220 valence electrons. The largest absolute Gasteiger partial charge is 0.461 e. The van der Waals surface area contributed by atoms with E-state index in [2.05, 4.69) is 0 Å². The topological polar surface area (TPSA) is 133 Å². The second-order valence-corrected chi connectivity index (χ2v) is 12.8. The molecule has 8 unspecified atom stereocenters. The first-order chi connectivity index (χ1) is 19.4. The molecule has 8 atom stereocenters. The molecule has 0 spiro atoms. The zero-order chi connectivity index (χ0) is 29.5. The van der Waals surface area contributed by atoms with Gasteiger partial charge in [0.2, 0.25) is 0 Å². The lowest BCUT2D eigenvalue weighted by Gasteiger charge is -2.60. The minimum Gasteiger partial charge on any atom is -0.461 e. The smallest absolute Gasteiger partial charge is 0.352 e. The minimum atomic E-state index is -1.92. The number of nitrogens with zero attached hydrogens (tertiary/aromatic N) is 3. The van der Waals surface area contributed by atoms with Gasteiger partial charge in [-0.05, 0) is 61.1 Å². The van der Waals surface area contributed by atoms with Gasteiger partial charge in [-0.3, -0.25) is 9.59 Å². The van der Waals surface area contributed by atoms with E-state index in [1.807, 2.05) is 26.0 Å². The van der Waals surface area contributed by atoms with E-state index >= 15 is 0 Å². The Morgan fingerprint density at radius 2 is 1.80 bits per heavy atom. The van der Waals surface area contributed by atoms with Gasteiger partial charge in [0.1, 0.15) is 23.7 Å². The van der Waals surface area contributed by atoms with Crippen molar-refractivity contribution in [1.82, 2.24) is 13.9 Å². The maximum atomic E-state index is 13.7. The molecule has 10 nitrogen and oxygen atoms in total. The van der Waals surface area contributed by atoms with Gasteiger partial charge in [0.25, 0.3) is 0 Å². The highest BCUT2D eigenvalue weighted by molar-refractivity contribution is 6.26. The molecule has 2 heterocycles. The molecule has 11 heteroatoms. The van der Waals surface area contributed by atoms with Crippen LogP contribution in [0.15, 0.2) is 51.6 Å². The third-order valence-electron chi connectivity index (χ3n) is 11.2. The van der Waals surface area contributed by atoms with E-state index in [1.54, 1.807) is 31.2 Å². The Hall–Kier alpha value is -2.95. The number of aromatic nitrogens is 3. The first-order valence-electron chi connectivity index (χ1n) is 14.3. The summed E-state index contributed by atoms with van der Waals surface area (Å²) in [5, 5.41) is 23.5. The Balaban J connectivity index is 1.47. The van der Waals surface area contributed by atoms with Crippen molar-refractivity contribution in [3.05, 3.63) is 62.9 Å². The number of ether oxygens (including phenoxy) is 1. The number of para-hydroxylation sites is 1. The number of carbonyl (C=O) groups is 2. The number of rotatable bonds is 4. The zero-order valence-electron chi connectivity index (χ0n) is 23.5. The molecule has 41 heavy (non-hydrogen) atoms. The summed E-state index contributed by atoms with van der Waals surface area (Å²) in [5.74, 6) is -2.45. The van der Waals surface area contributed by atoms with Crippen LogP contribution in [0.4, 0.5) is 0 Å². The maximum Gasteiger partial charge on any atom is 0.352 e. The number of hydrogen-bond acceptors (Lipinski definition) is 7. The van der Waals surface area contributed by atoms with E-state index in [-0.39, 0.29) is 43.1 Å². The van der Waals surface area contributed by atoms with Crippen molar-refractivity contribution >= 4 is 23.4 Å². The minimum absolute atomic E-state index is 0.112. The lowest BCUT2D eigenvalue weighted by atomic mass is 9.46. The molecule has 3 fully saturated rings. The monoisotopic (exact) mass is 585 g/mol. The summed E-state index contributed by atoms with van der Waals surface area (Å²) in [6.45, 7) is 6.06. The van der Waals surface area contributed by atoms with Crippen LogP contribution < -0.4 is 11.4 Å². The summed E-state index contributed by atoms with van der Waals surface area (Å²) >= 11 is 5.85. The summed E-state index contributed by atoms with van der Waals surface area (Å²) in [7, 11) is 0. The number of Topliss-reactive ketones (excluding diaryl/α,β-unsaturated/α-hetero) is 1. The van der Waals surface area contributed by atoms with Crippen molar-refractivity contribution in [2.24, 2.45) is 28.6 Å². The standard InChI is InChI=1S/C30H36ClN3O7/c1-17-9-11-29-14-22(35)25(37)30(29,40)28(17,3)23(41-24(36)15-31)13-21(18(29)2)19-10-12-32-26(38)34(27(39)33(32)16-19)20-7-5-4-6-8-20/h4-8,10,17-18,21-23,35,40H,9,11-16H2,1-3H3. The van der Waals surface area contributed by atoms with Crippen LogP contribution in [-0.2, 0) is 27.4 Å². The first-order valence-corrected chi connectivity index (χ1v) is 14.8. The summed E-state index contributed by atoms with van der Waals surface area (Å²) in [5.41, 5.74) is -3.61. The maximum absolute atomic E-state index is 13.7. The van der Waals surface area contributed by atoms with Gasteiger partial charge >= 0.3 is 17.3 Å². The number of alkyl halides is 1. The molecule has 0 amide bonds. The summed E-state index contributed by atoms with van der Waals surface area (Å²) in [6, 6.07) is 8.75. The van der Waals surface area contributed by atoms with Crippen molar-refractivity contribution in [3.63, 3.8) is 0 Å². The number of carbonyl (C=O) groups excluding carboxylic acids is 2. The van der Waals surface area contributed by atoms with Crippen molar-refractivity contribution < 1.29 is 24.5 Å². The first kappa shape index (κ1) is 28.2. The summed E-state index contributed by atoms with van der Waals surface area (Å²) < 4.78 is 9.94. The van der Waals surface area contributed by atoms with Crippen LogP contribution in [0.5, 0.6) is 0 Å². The Morgan fingerprint density at radius 1 is 1.12 bits per heavy atom. The van der Waals surface area contributed by atoms with Gasteiger partial charge in [0.05, 0.1) is 18.8 Å². The van der Waals surface area contributed by atoms with Gasteiger partial charge in [-0.15, -0.1) is 11.6 Å². The lowest BCUT2D eigenvalue weighted by molar-refractivity contribution is -0.234. The number of halogens is 1. The predicted molar refractivity (Wildman–Crippen MR) is 150 cm³/mol. The van der Waals surface area contributed by atoms with E-state index in [0.717, 1.165) is 10.1 Å². The van der Waals surface area contributed by atoms with E-state index < -0.39 is 51.8 Å². The molecule has 1 aromatic heterocycles. The second-order valence-electron chi connectivity index (χ2n) is 12.6. The van der Waals surface area contributed by atoms with Crippen molar-refractivity contribution in [1.29, 1.82) is 0 Å². The molecule has 2 N–H and O–H groups in total. The van der Waals surface area contributed by atoms with Gasteiger partial charge in [0, 0.05) is 10.8 Å². The number of ketones is 1. The molecule has 6 rings (SSSR count). The Labute approximate surface area is 242 Å². The highest BCUT2D eigenvalue weighted by Gasteiger charge is 2.78. The van der Waals surface area contributed by atoms with E-state index in [9.17, 15) is 29.4 Å². The molecule has 2 bridgehead atoms. The van der Waals surface area contributed by atoms with Crippen LogP contribution in [0.1, 0.15) is 46.5 Å². The average molecular weight is 586 g/mol. The van der Waals surface area contributed by atoms with Crippen molar-refractivity contribution in [3.8, 4) is 5.69 Å².